The van der Waals surface area contributed by atoms with Crippen LogP contribution in [0.2, 0.25) is 5.02 Å². The van der Waals surface area contributed by atoms with Crippen LogP contribution in [0.5, 0.6) is 0 Å². The second-order valence-corrected chi connectivity index (χ2v) is 4.34. The van der Waals surface area contributed by atoms with Crippen LogP contribution >= 0.6 is 11.6 Å². The standard InChI is InChI=1S/C6H2ClN3O5S/c7-3-1-2-4(9-8)6(16(13,14)15)5(3)10(11)12/h1-2H/p+1. The van der Waals surface area contributed by atoms with Gasteiger partial charge in [0.15, 0.2) is 4.98 Å². The highest BCUT2D eigenvalue weighted by Gasteiger charge is 2.37. The second-order valence-electron chi connectivity index (χ2n) is 2.58. The first-order valence-corrected chi connectivity index (χ1v) is 5.40. The number of rotatable bonds is 2. The zero-order valence-electron chi connectivity index (χ0n) is 7.36. The van der Waals surface area contributed by atoms with Crippen LogP contribution in [0, 0.1) is 15.5 Å². The van der Waals surface area contributed by atoms with E-state index >= 15 is 0 Å². The number of nitro groups is 1. The smallest absolute Gasteiger partial charge is 0.281 e. The topological polar surface area (TPSA) is 126 Å². The Kier molecular flexibility index (Phi) is 3.09. The van der Waals surface area contributed by atoms with E-state index in [9.17, 15) is 18.5 Å². The van der Waals surface area contributed by atoms with Crippen molar-refractivity contribution >= 4 is 33.1 Å². The summed E-state index contributed by atoms with van der Waals surface area (Å²) in [5.41, 5.74) is -1.71. The minimum atomic E-state index is -4.92. The van der Waals surface area contributed by atoms with Crippen molar-refractivity contribution in [3.63, 3.8) is 0 Å². The molecule has 0 aromatic heterocycles. The van der Waals surface area contributed by atoms with E-state index in [1.165, 1.54) is 0 Å². The van der Waals surface area contributed by atoms with Crippen LogP contribution in [0.1, 0.15) is 0 Å². The maximum absolute atomic E-state index is 10.9. The number of benzene rings is 1. The van der Waals surface area contributed by atoms with Gasteiger partial charge in [0.05, 0.1) is 4.92 Å². The summed E-state index contributed by atoms with van der Waals surface area (Å²) in [5, 5.41) is 18.5. The van der Waals surface area contributed by atoms with Crippen molar-refractivity contribution in [2.75, 3.05) is 0 Å². The highest BCUT2D eigenvalue weighted by Crippen LogP contribution is 2.38. The first-order valence-electron chi connectivity index (χ1n) is 3.58. The molecule has 1 aromatic rings. The van der Waals surface area contributed by atoms with Gasteiger partial charge in [0.2, 0.25) is 5.39 Å². The van der Waals surface area contributed by atoms with Crippen LogP contribution in [0.25, 0.3) is 4.98 Å². The van der Waals surface area contributed by atoms with Crippen LogP contribution in [0.4, 0.5) is 11.4 Å². The van der Waals surface area contributed by atoms with Crippen molar-refractivity contribution in [2.45, 2.75) is 4.90 Å². The van der Waals surface area contributed by atoms with Crippen molar-refractivity contribution in [3.05, 3.63) is 32.2 Å². The molecule has 10 heteroatoms. The summed E-state index contributed by atoms with van der Waals surface area (Å²) in [4.78, 5) is 10.9. The van der Waals surface area contributed by atoms with Gasteiger partial charge in [0.1, 0.15) is 5.02 Å². The number of halogens is 1. The SMILES string of the molecule is N#[N+]c1ccc(Cl)c([N+](=O)[O-])c1S(=O)(=O)O. The molecule has 0 atom stereocenters. The summed E-state index contributed by atoms with van der Waals surface area (Å²) >= 11 is 5.42. The largest absolute Gasteiger partial charge is 0.413 e. The molecule has 0 saturated heterocycles. The van der Waals surface area contributed by atoms with Crippen LogP contribution in [-0.4, -0.2) is 17.9 Å². The molecule has 8 nitrogen and oxygen atoms in total. The Labute approximate surface area is 94.0 Å². The Bertz CT molecular complexity index is 605. The molecule has 0 bridgehead atoms. The molecule has 16 heavy (non-hydrogen) atoms. The summed E-state index contributed by atoms with van der Waals surface area (Å²) in [6, 6.07) is 1.89. The lowest BCUT2D eigenvalue weighted by Crippen LogP contribution is -2.04. The zero-order chi connectivity index (χ0) is 12.5. The second kappa shape index (κ2) is 4.01. The van der Waals surface area contributed by atoms with E-state index in [-0.39, 0.29) is 0 Å². The fourth-order valence-corrected chi connectivity index (χ4v) is 2.12. The minimum Gasteiger partial charge on any atom is -0.281 e. The van der Waals surface area contributed by atoms with E-state index in [1.807, 2.05) is 0 Å². The Morgan fingerprint density at radius 1 is 1.50 bits per heavy atom. The van der Waals surface area contributed by atoms with Crippen molar-refractivity contribution in [1.29, 1.82) is 5.39 Å². The Hall–Kier alpha value is -1.76. The van der Waals surface area contributed by atoms with Crippen LogP contribution in [0.3, 0.4) is 0 Å². The monoisotopic (exact) mass is 264 g/mol. The number of nitro benzene ring substituents is 1. The Balaban J connectivity index is 3.86. The average Bonchev–Trinajstić information content (AvgIpc) is 2.15. The third-order valence-corrected chi connectivity index (χ3v) is 2.83. The number of nitrogens with zero attached hydrogens (tertiary/aromatic N) is 3. The molecule has 0 unspecified atom stereocenters. The summed E-state index contributed by atoms with van der Waals surface area (Å²) in [7, 11) is -4.92. The van der Waals surface area contributed by atoms with Crippen LogP contribution < -0.4 is 0 Å². The molecule has 0 saturated carbocycles. The lowest BCUT2D eigenvalue weighted by Gasteiger charge is -1.98. The van der Waals surface area contributed by atoms with Crippen molar-refractivity contribution in [3.8, 4) is 0 Å². The molecule has 0 heterocycles. The minimum absolute atomic E-state index is 0.495. The van der Waals surface area contributed by atoms with E-state index < -0.39 is 36.3 Å². The van der Waals surface area contributed by atoms with Gasteiger partial charge < -0.3 is 0 Å². The molecule has 0 fully saturated rings. The van der Waals surface area contributed by atoms with Crippen LogP contribution in [0.15, 0.2) is 17.0 Å². The summed E-state index contributed by atoms with van der Waals surface area (Å²) < 4.78 is 30.6. The third kappa shape index (κ3) is 2.08. The maximum atomic E-state index is 10.9. The summed E-state index contributed by atoms with van der Waals surface area (Å²) in [5.74, 6) is 0. The Morgan fingerprint density at radius 3 is 2.44 bits per heavy atom. The lowest BCUT2D eigenvalue weighted by molar-refractivity contribution is -0.387. The highest BCUT2D eigenvalue weighted by molar-refractivity contribution is 7.86. The van der Waals surface area contributed by atoms with Gasteiger partial charge in [0.25, 0.3) is 4.90 Å². The number of diazo groups is 1. The fourth-order valence-electron chi connectivity index (χ4n) is 1.04. The Morgan fingerprint density at radius 2 is 2.06 bits per heavy atom. The molecule has 1 aromatic carbocycles. The van der Waals surface area contributed by atoms with Crippen molar-refractivity contribution in [2.24, 2.45) is 0 Å². The average molecular weight is 265 g/mol. The van der Waals surface area contributed by atoms with Gasteiger partial charge in [0, 0.05) is 6.07 Å². The summed E-state index contributed by atoms with van der Waals surface area (Å²) in [6.07, 6.45) is 0. The lowest BCUT2D eigenvalue weighted by atomic mass is 10.3. The third-order valence-electron chi connectivity index (χ3n) is 1.61. The molecule has 0 aliphatic carbocycles. The van der Waals surface area contributed by atoms with Gasteiger partial charge in [-0.15, -0.1) is 0 Å². The first-order chi connectivity index (χ1) is 7.29. The highest BCUT2D eigenvalue weighted by atomic mass is 35.5. The molecule has 1 N–H and O–H groups in total. The first kappa shape index (κ1) is 12.3. The van der Waals surface area contributed by atoms with Gasteiger partial charge in [-0.3, -0.25) is 14.7 Å². The quantitative estimate of drug-likeness (QED) is 0.377. The van der Waals surface area contributed by atoms with Gasteiger partial charge in [-0.2, -0.15) is 8.42 Å². The number of hydrogen-bond acceptors (Lipinski definition) is 5. The zero-order valence-corrected chi connectivity index (χ0v) is 8.94. The molecule has 0 aliphatic rings. The van der Waals surface area contributed by atoms with Crippen molar-refractivity contribution in [1.82, 2.24) is 0 Å². The normalized spacial score (nSPS) is 10.8. The number of hydrogen-bond donors (Lipinski definition) is 1. The van der Waals surface area contributed by atoms with Gasteiger partial charge in [-0.1, -0.05) is 11.6 Å². The predicted molar refractivity (Wildman–Crippen MR) is 52.7 cm³/mol. The van der Waals surface area contributed by atoms with Gasteiger partial charge >= 0.3 is 21.5 Å². The summed E-state index contributed by atoms with van der Waals surface area (Å²) in [6.45, 7) is 0. The van der Waals surface area contributed by atoms with Gasteiger partial charge in [-0.05, 0) is 6.07 Å². The van der Waals surface area contributed by atoms with Crippen molar-refractivity contribution < 1.29 is 17.9 Å². The van der Waals surface area contributed by atoms with Gasteiger partial charge in [-0.25, -0.2) is 0 Å². The fraction of sp³-hybridized carbons (Fsp3) is 0. The predicted octanol–water partition coefficient (Wildman–Crippen LogP) is 1.98. The molecule has 0 spiro atoms. The van der Waals surface area contributed by atoms with Crippen LogP contribution in [-0.2, 0) is 10.1 Å². The molecule has 0 amide bonds. The molecule has 1 rings (SSSR count). The van der Waals surface area contributed by atoms with E-state index in [0.717, 1.165) is 12.1 Å². The maximum Gasteiger partial charge on any atom is 0.413 e. The van der Waals surface area contributed by atoms with E-state index in [1.54, 1.807) is 0 Å². The van der Waals surface area contributed by atoms with E-state index in [2.05, 4.69) is 4.98 Å². The van der Waals surface area contributed by atoms with E-state index in [4.69, 9.17) is 21.5 Å². The molecule has 84 valence electrons. The van der Waals surface area contributed by atoms with E-state index in [0.29, 0.717) is 0 Å². The molecule has 0 aliphatic heterocycles. The molecular formula is C6H3ClN3O5S+. The molecule has 0 radical (unpaired) electrons. The molecular weight excluding hydrogens is 262 g/mol.